The molecule has 1 saturated heterocycles. The number of hydrogen-bond donors (Lipinski definition) is 2. The van der Waals surface area contributed by atoms with Gasteiger partial charge in [0, 0.05) is 35.2 Å². The van der Waals surface area contributed by atoms with Gasteiger partial charge in [0.05, 0.1) is 23.5 Å². The van der Waals surface area contributed by atoms with Crippen LogP contribution in [0.5, 0.6) is 0 Å². The van der Waals surface area contributed by atoms with Crippen LogP contribution in [-0.2, 0) is 22.4 Å². The van der Waals surface area contributed by atoms with Crippen LogP contribution in [0.2, 0.25) is 0 Å². The Morgan fingerprint density at radius 3 is 2.72 bits per heavy atom. The van der Waals surface area contributed by atoms with Gasteiger partial charge in [-0.25, -0.2) is 4.98 Å². The minimum absolute atomic E-state index is 0.0516. The number of nitrogens with zero attached hydrogens (tertiary/aromatic N) is 3. The number of aryl methyl sites for hydroxylation is 1. The number of likely N-dealkylation sites (tertiary alicyclic amines) is 1. The van der Waals surface area contributed by atoms with E-state index in [0.717, 1.165) is 84.6 Å². The molecule has 2 aromatic heterocycles. The van der Waals surface area contributed by atoms with Gasteiger partial charge in [-0.2, -0.15) is 0 Å². The van der Waals surface area contributed by atoms with Crippen molar-refractivity contribution in [1.82, 2.24) is 25.5 Å². The minimum Gasteiger partial charge on any atom is -0.343 e. The zero-order valence-corrected chi connectivity index (χ0v) is 24.2. The monoisotopic (exact) mass is 547 g/mol. The first-order valence-electron chi connectivity index (χ1n) is 14.6. The van der Waals surface area contributed by atoms with Gasteiger partial charge in [0.2, 0.25) is 11.8 Å². The molecule has 208 valence electrons. The van der Waals surface area contributed by atoms with E-state index in [1.807, 2.05) is 11.8 Å². The number of aromatic nitrogens is 2. The fourth-order valence-electron chi connectivity index (χ4n) is 6.10. The predicted molar refractivity (Wildman–Crippen MR) is 157 cm³/mol. The van der Waals surface area contributed by atoms with Gasteiger partial charge in [0.25, 0.3) is 0 Å². The Kier molecular flexibility index (Phi) is 8.92. The fourth-order valence-corrected chi connectivity index (χ4v) is 7.06. The largest absolute Gasteiger partial charge is 0.343 e. The average Bonchev–Trinajstić information content (AvgIpc) is 3.60. The van der Waals surface area contributed by atoms with Crippen molar-refractivity contribution < 1.29 is 9.59 Å². The SMILES string of the molecule is CCc1cc(-c2csc([C@@H]3CCCN3C(=O)[C@@H](NC(=O)[C@H](C)NC)C3CCCCC3)n2)c2c(n1)CC=CC=C2. The van der Waals surface area contributed by atoms with Crippen LogP contribution < -0.4 is 10.6 Å². The fraction of sp³-hybridized carbons (Fsp3) is 0.548. The quantitative estimate of drug-likeness (QED) is 0.473. The Hall–Kier alpha value is -2.84. The zero-order valence-electron chi connectivity index (χ0n) is 23.4. The molecule has 39 heavy (non-hydrogen) atoms. The van der Waals surface area contributed by atoms with E-state index in [-0.39, 0.29) is 29.8 Å². The molecule has 8 heteroatoms. The smallest absolute Gasteiger partial charge is 0.246 e. The van der Waals surface area contributed by atoms with Gasteiger partial charge in [0.1, 0.15) is 11.0 Å². The highest BCUT2D eigenvalue weighted by Gasteiger charge is 2.40. The molecular formula is C31H41N5O2S. The summed E-state index contributed by atoms with van der Waals surface area (Å²) < 4.78 is 0. The van der Waals surface area contributed by atoms with E-state index in [1.54, 1.807) is 18.4 Å². The van der Waals surface area contributed by atoms with Crippen LogP contribution in [-0.4, -0.2) is 52.4 Å². The van der Waals surface area contributed by atoms with E-state index in [4.69, 9.17) is 9.97 Å². The molecule has 2 aromatic rings. The molecule has 1 aliphatic heterocycles. The number of allylic oxidation sites excluding steroid dienone is 3. The van der Waals surface area contributed by atoms with Crippen molar-refractivity contribution in [2.45, 2.75) is 89.8 Å². The van der Waals surface area contributed by atoms with Gasteiger partial charge < -0.3 is 15.5 Å². The molecule has 3 heterocycles. The molecule has 7 nitrogen and oxygen atoms in total. The number of nitrogens with one attached hydrogen (secondary N) is 2. The summed E-state index contributed by atoms with van der Waals surface area (Å²) in [6.45, 7) is 4.68. The van der Waals surface area contributed by atoms with Crippen molar-refractivity contribution in [3.05, 3.63) is 51.6 Å². The van der Waals surface area contributed by atoms with Gasteiger partial charge in [-0.05, 0) is 58.1 Å². The molecule has 0 unspecified atom stereocenters. The normalized spacial score (nSPS) is 20.9. The van der Waals surface area contributed by atoms with Crippen molar-refractivity contribution >= 4 is 29.2 Å². The number of fused-ring (bicyclic) bond motifs is 1. The second kappa shape index (κ2) is 12.6. The first-order valence-corrected chi connectivity index (χ1v) is 15.5. The Morgan fingerprint density at radius 2 is 1.95 bits per heavy atom. The summed E-state index contributed by atoms with van der Waals surface area (Å²) in [7, 11) is 1.77. The summed E-state index contributed by atoms with van der Waals surface area (Å²) in [5.41, 5.74) is 5.36. The topological polar surface area (TPSA) is 87.2 Å². The van der Waals surface area contributed by atoms with Crippen LogP contribution >= 0.6 is 11.3 Å². The Morgan fingerprint density at radius 1 is 1.13 bits per heavy atom. The Bertz CT molecular complexity index is 1250. The molecule has 3 atom stereocenters. The second-order valence-electron chi connectivity index (χ2n) is 11.0. The van der Waals surface area contributed by atoms with Gasteiger partial charge in [0.15, 0.2) is 0 Å². The van der Waals surface area contributed by atoms with Crippen LogP contribution in [0.3, 0.4) is 0 Å². The summed E-state index contributed by atoms with van der Waals surface area (Å²) in [5.74, 6) is 0.131. The number of carbonyl (C=O) groups excluding carboxylic acids is 2. The Balaban J connectivity index is 1.42. The third kappa shape index (κ3) is 6.02. The third-order valence-electron chi connectivity index (χ3n) is 8.50. The van der Waals surface area contributed by atoms with Crippen molar-refractivity contribution in [2.75, 3.05) is 13.6 Å². The summed E-state index contributed by atoms with van der Waals surface area (Å²) >= 11 is 1.64. The first kappa shape index (κ1) is 27.7. The third-order valence-corrected chi connectivity index (χ3v) is 9.45. The molecule has 5 rings (SSSR count). The summed E-state index contributed by atoms with van der Waals surface area (Å²) in [4.78, 5) is 39.0. The van der Waals surface area contributed by atoms with Crippen molar-refractivity contribution in [3.63, 3.8) is 0 Å². The maximum Gasteiger partial charge on any atom is 0.246 e. The molecule has 2 amide bonds. The number of carbonyl (C=O) groups is 2. The van der Waals surface area contributed by atoms with Crippen molar-refractivity contribution in [2.24, 2.45) is 5.92 Å². The van der Waals surface area contributed by atoms with E-state index in [1.165, 1.54) is 6.42 Å². The minimum atomic E-state index is -0.477. The molecule has 0 aromatic carbocycles. The van der Waals surface area contributed by atoms with Crippen LogP contribution in [0.25, 0.3) is 17.3 Å². The molecule has 2 aliphatic carbocycles. The van der Waals surface area contributed by atoms with E-state index in [0.29, 0.717) is 6.54 Å². The molecule has 0 bridgehead atoms. The van der Waals surface area contributed by atoms with Crippen LogP contribution in [0.4, 0.5) is 0 Å². The first-order chi connectivity index (χ1) is 19.0. The number of hydrogen-bond acceptors (Lipinski definition) is 6. The van der Waals surface area contributed by atoms with Crippen LogP contribution in [0, 0.1) is 5.92 Å². The molecule has 3 aliphatic rings. The van der Waals surface area contributed by atoms with Crippen molar-refractivity contribution in [3.8, 4) is 11.3 Å². The number of likely N-dealkylation sites (N-methyl/N-ethyl adjacent to an activating group) is 1. The summed E-state index contributed by atoms with van der Waals surface area (Å²) in [6, 6.07) is 1.30. The summed E-state index contributed by atoms with van der Waals surface area (Å²) in [5, 5.41) is 9.26. The highest BCUT2D eigenvalue weighted by Crippen LogP contribution is 2.39. The van der Waals surface area contributed by atoms with E-state index in [2.05, 4.69) is 53.3 Å². The maximum absolute atomic E-state index is 14.1. The van der Waals surface area contributed by atoms with Gasteiger partial charge in [-0.1, -0.05) is 50.5 Å². The van der Waals surface area contributed by atoms with Crippen LogP contribution in [0.1, 0.15) is 86.8 Å². The highest BCUT2D eigenvalue weighted by atomic mass is 32.1. The lowest BCUT2D eigenvalue weighted by molar-refractivity contribution is -0.139. The van der Waals surface area contributed by atoms with Crippen molar-refractivity contribution in [1.29, 1.82) is 0 Å². The predicted octanol–water partition coefficient (Wildman–Crippen LogP) is 5.23. The zero-order chi connectivity index (χ0) is 27.4. The maximum atomic E-state index is 14.1. The molecule has 1 saturated carbocycles. The molecule has 2 N–H and O–H groups in total. The Labute approximate surface area is 236 Å². The van der Waals surface area contributed by atoms with Gasteiger partial charge in [-0.15, -0.1) is 11.3 Å². The number of rotatable bonds is 8. The number of pyridine rings is 1. The lowest BCUT2D eigenvalue weighted by atomic mass is 9.83. The van der Waals surface area contributed by atoms with Crippen LogP contribution in [0.15, 0.2) is 29.7 Å². The summed E-state index contributed by atoms with van der Waals surface area (Å²) in [6.07, 6.45) is 17.4. The molecular weight excluding hydrogens is 506 g/mol. The number of thiazole rings is 1. The lowest BCUT2D eigenvalue weighted by Gasteiger charge is -2.35. The average molecular weight is 548 g/mol. The molecule has 0 spiro atoms. The highest BCUT2D eigenvalue weighted by molar-refractivity contribution is 7.10. The van der Waals surface area contributed by atoms with Gasteiger partial charge >= 0.3 is 0 Å². The second-order valence-corrected chi connectivity index (χ2v) is 11.9. The molecule has 0 radical (unpaired) electrons. The van der Waals surface area contributed by atoms with E-state index in [9.17, 15) is 9.59 Å². The van der Waals surface area contributed by atoms with E-state index >= 15 is 0 Å². The standard InChI is InChI=1S/C31H41N5O2S/c1-4-22-18-24(23-14-9-6-10-15-25(23)33-22)26-19-39-30(34-26)27-16-11-17-36(27)31(38)28(21-12-7-5-8-13-21)35-29(37)20(2)32-3/h6,9-10,14,18-21,27-28,32H,4-5,7-8,11-13,15-17H2,1-3H3,(H,35,37)/t20-,27-,28-/m0/s1. The molecule has 2 fully saturated rings. The van der Waals surface area contributed by atoms with E-state index < -0.39 is 6.04 Å². The van der Waals surface area contributed by atoms with Gasteiger partial charge in [-0.3, -0.25) is 14.6 Å². The number of amides is 2. The lowest BCUT2D eigenvalue weighted by Crippen LogP contribution is -2.55.